The standard InChI is InChI=1S/C14H32P2/c1-7-8-11(2)12(3)9-13(4)14(5)10-16-15-6/h11-16H,7-10H2,1-6H3. The molecule has 0 aromatic heterocycles. The highest BCUT2D eigenvalue weighted by Crippen LogP contribution is 2.37. The normalized spacial score (nSPS) is 20.6. The molecule has 0 spiro atoms. The molecule has 0 N–H and O–H groups in total. The SMILES string of the molecule is CCCC(C)C(C)CC(C)C(C)CPPC. The molecule has 0 saturated heterocycles. The maximum atomic E-state index is 2.46. The van der Waals surface area contributed by atoms with E-state index in [1.54, 1.807) is 0 Å². The Labute approximate surface area is 107 Å². The second kappa shape index (κ2) is 9.85. The zero-order chi connectivity index (χ0) is 12.6. The van der Waals surface area contributed by atoms with Crippen molar-refractivity contribution in [1.29, 1.82) is 0 Å². The quantitative estimate of drug-likeness (QED) is 0.473. The summed E-state index contributed by atoms with van der Waals surface area (Å²) >= 11 is 0. The van der Waals surface area contributed by atoms with E-state index in [1.165, 1.54) is 33.7 Å². The van der Waals surface area contributed by atoms with Gasteiger partial charge in [-0.3, -0.25) is 0 Å². The summed E-state index contributed by atoms with van der Waals surface area (Å²) in [5.41, 5.74) is 0. The van der Waals surface area contributed by atoms with Gasteiger partial charge in [0.2, 0.25) is 0 Å². The van der Waals surface area contributed by atoms with Crippen LogP contribution in [0.1, 0.15) is 53.9 Å². The second-order valence-electron chi connectivity index (χ2n) is 5.56. The van der Waals surface area contributed by atoms with E-state index < -0.39 is 0 Å². The Bertz CT molecular complexity index is 159. The van der Waals surface area contributed by atoms with Gasteiger partial charge >= 0.3 is 0 Å². The Kier molecular flexibility index (Phi) is 10.4. The molecular formula is C14H32P2. The molecular weight excluding hydrogens is 230 g/mol. The van der Waals surface area contributed by atoms with E-state index in [4.69, 9.17) is 0 Å². The van der Waals surface area contributed by atoms with Crippen molar-refractivity contribution in [3.05, 3.63) is 0 Å². The van der Waals surface area contributed by atoms with Crippen LogP contribution in [0.3, 0.4) is 0 Å². The Morgan fingerprint density at radius 3 is 1.94 bits per heavy atom. The molecule has 0 aliphatic heterocycles. The monoisotopic (exact) mass is 262 g/mol. The second-order valence-corrected chi connectivity index (χ2v) is 9.39. The van der Waals surface area contributed by atoms with Crippen LogP contribution in [0.5, 0.6) is 0 Å². The van der Waals surface area contributed by atoms with Crippen LogP contribution in [-0.2, 0) is 0 Å². The average Bonchev–Trinajstić information content (AvgIpc) is 2.25. The van der Waals surface area contributed by atoms with E-state index in [0.29, 0.717) is 0 Å². The summed E-state index contributed by atoms with van der Waals surface area (Å²) in [5.74, 6) is 3.67. The van der Waals surface area contributed by atoms with Gasteiger partial charge in [-0.05, 0) is 42.9 Å². The zero-order valence-corrected chi connectivity index (χ0v) is 14.1. The van der Waals surface area contributed by atoms with Crippen LogP contribution in [0.15, 0.2) is 0 Å². The first-order valence-corrected chi connectivity index (χ1v) is 10.6. The van der Waals surface area contributed by atoms with Crippen molar-refractivity contribution in [2.75, 3.05) is 12.8 Å². The number of hydrogen-bond donors (Lipinski definition) is 0. The molecule has 0 radical (unpaired) electrons. The average molecular weight is 262 g/mol. The lowest BCUT2D eigenvalue weighted by Crippen LogP contribution is -2.17. The Morgan fingerprint density at radius 2 is 1.44 bits per heavy atom. The minimum absolute atomic E-state index is 0.907. The van der Waals surface area contributed by atoms with Crippen molar-refractivity contribution in [1.82, 2.24) is 0 Å². The van der Waals surface area contributed by atoms with Crippen molar-refractivity contribution in [3.8, 4) is 0 Å². The maximum Gasteiger partial charge on any atom is -0.0288 e. The number of hydrogen-bond acceptors (Lipinski definition) is 0. The summed E-state index contributed by atoms with van der Waals surface area (Å²) in [6.07, 6.45) is 5.64. The molecule has 98 valence electrons. The third kappa shape index (κ3) is 7.24. The van der Waals surface area contributed by atoms with E-state index in [2.05, 4.69) is 41.3 Å². The van der Waals surface area contributed by atoms with Crippen molar-refractivity contribution in [2.45, 2.75) is 53.9 Å². The highest BCUT2D eigenvalue weighted by atomic mass is 32.0. The van der Waals surface area contributed by atoms with Crippen LogP contribution >= 0.6 is 16.5 Å². The van der Waals surface area contributed by atoms with Crippen molar-refractivity contribution in [3.63, 3.8) is 0 Å². The van der Waals surface area contributed by atoms with Gasteiger partial charge in [0.1, 0.15) is 0 Å². The van der Waals surface area contributed by atoms with Crippen LogP contribution in [-0.4, -0.2) is 12.8 Å². The summed E-state index contributed by atoms with van der Waals surface area (Å²) < 4.78 is 0. The molecule has 2 heteroatoms. The number of rotatable bonds is 9. The zero-order valence-electron chi connectivity index (χ0n) is 12.1. The van der Waals surface area contributed by atoms with E-state index in [-0.39, 0.29) is 0 Å². The third-order valence-electron chi connectivity index (χ3n) is 4.03. The fourth-order valence-electron chi connectivity index (χ4n) is 2.26. The molecule has 0 aromatic rings. The van der Waals surface area contributed by atoms with Crippen LogP contribution in [0, 0.1) is 23.7 Å². The summed E-state index contributed by atoms with van der Waals surface area (Å²) in [7, 11) is 2.37. The lowest BCUT2D eigenvalue weighted by molar-refractivity contribution is 0.264. The van der Waals surface area contributed by atoms with Crippen molar-refractivity contribution in [2.24, 2.45) is 23.7 Å². The first-order chi connectivity index (χ1) is 7.52. The molecule has 0 amide bonds. The lowest BCUT2D eigenvalue weighted by Gasteiger charge is -2.26. The fourth-order valence-corrected chi connectivity index (χ4v) is 4.76. The van der Waals surface area contributed by atoms with Crippen molar-refractivity contribution >= 4 is 16.5 Å². The van der Waals surface area contributed by atoms with Gasteiger partial charge in [0.05, 0.1) is 0 Å². The molecule has 0 heterocycles. The summed E-state index contributed by atoms with van der Waals surface area (Å²) in [4.78, 5) is 0. The molecule has 0 fully saturated rings. The van der Waals surface area contributed by atoms with Gasteiger partial charge in [-0.1, -0.05) is 55.7 Å². The Morgan fingerprint density at radius 1 is 0.875 bits per heavy atom. The molecule has 0 saturated carbocycles. The first-order valence-electron chi connectivity index (χ1n) is 6.92. The highest BCUT2D eigenvalue weighted by molar-refractivity contribution is 8.11. The van der Waals surface area contributed by atoms with Crippen LogP contribution < -0.4 is 0 Å². The largest absolute Gasteiger partial charge is 0.102 e. The van der Waals surface area contributed by atoms with Crippen LogP contribution in [0.4, 0.5) is 0 Å². The molecule has 0 aliphatic carbocycles. The predicted molar refractivity (Wildman–Crippen MR) is 83.6 cm³/mol. The van der Waals surface area contributed by atoms with Gasteiger partial charge in [0, 0.05) is 0 Å². The summed E-state index contributed by atoms with van der Waals surface area (Å²) in [6, 6.07) is 0. The maximum absolute atomic E-state index is 2.46. The Hall–Kier alpha value is 0.860. The van der Waals surface area contributed by atoms with Crippen LogP contribution in [0.2, 0.25) is 0 Å². The Balaban J connectivity index is 3.87. The molecule has 16 heavy (non-hydrogen) atoms. The summed E-state index contributed by atoms with van der Waals surface area (Å²) in [5, 5.41) is 0. The van der Waals surface area contributed by atoms with E-state index in [1.807, 2.05) is 0 Å². The van der Waals surface area contributed by atoms with E-state index in [0.717, 1.165) is 31.9 Å². The van der Waals surface area contributed by atoms with Gasteiger partial charge in [0.15, 0.2) is 0 Å². The smallest absolute Gasteiger partial charge is 0.0288 e. The van der Waals surface area contributed by atoms with Crippen molar-refractivity contribution < 1.29 is 0 Å². The predicted octanol–water partition coefficient (Wildman–Crippen LogP) is 5.62. The van der Waals surface area contributed by atoms with E-state index in [9.17, 15) is 0 Å². The summed E-state index contributed by atoms with van der Waals surface area (Å²) in [6.45, 7) is 14.4. The van der Waals surface area contributed by atoms with Gasteiger partial charge < -0.3 is 0 Å². The van der Waals surface area contributed by atoms with Crippen LogP contribution in [0.25, 0.3) is 0 Å². The molecule has 0 rings (SSSR count). The topological polar surface area (TPSA) is 0 Å². The van der Waals surface area contributed by atoms with Gasteiger partial charge in [-0.2, -0.15) is 0 Å². The first kappa shape index (κ1) is 16.9. The fraction of sp³-hybridized carbons (Fsp3) is 1.00. The molecule has 0 nitrogen and oxygen atoms in total. The van der Waals surface area contributed by atoms with Gasteiger partial charge in [-0.15, -0.1) is 8.27 Å². The molecule has 6 atom stereocenters. The molecule has 6 unspecified atom stereocenters. The molecule has 0 aliphatic rings. The minimum atomic E-state index is 0.907. The lowest BCUT2D eigenvalue weighted by atomic mass is 9.81. The molecule has 0 aromatic carbocycles. The van der Waals surface area contributed by atoms with E-state index >= 15 is 0 Å². The van der Waals surface area contributed by atoms with Gasteiger partial charge in [-0.25, -0.2) is 0 Å². The highest BCUT2D eigenvalue weighted by Gasteiger charge is 2.18. The van der Waals surface area contributed by atoms with Gasteiger partial charge in [0.25, 0.3) is 0 Å². The molecule has 0 bridgehead atoms. The third-order valence-corrected chi connectivity index (χ3v) is 6.91. The minimum Gasteiger partial charge on any atom is -0.102 e.